The van der Waals surface area contributed by atoms with Gasteiger partial charge in [-0.3, -0.25) is 4.79 Å². The Hall–Kier alpha value is -3.74. The molecule has 0 unspecified atom stereocenters. The summed E-state index contributed by atoms with van der Waals surface area (Å²) in [7, 11) is 1.51. The van der Waals surface area contributed by atoms with Gasteiger partial charge in [0.1, 0.15) is 22.7 Å². The molecule has 1 N–H and O–H groups in total. The number of ether oxygens (including phenoxy) is 2. The number of fused-ring (bicyclic) bond motifs is 3. The minimum absolute atomic E-state index is 0.0478. The lowest BCUT2D eigenvalue weighted by Gasteiger charge is -2.10. The van der Waals surface area contributed by atoms with Gasteiger partial charge in [-0.1, -0.05) is 18.2 Å². The zero-order chi connectivity index (χ0) is 19.7. The fourth-order valence-electron chi connectivity index (χ4n) is 2.95. The third-order valence-corrected chi connectivity index (χ3v) is 4.25. The van der Waals surface area contributed by atoms with Crippen molar-refractivity contribution in [3.8, 4) is 5.75 Å². The van der Waals surface area contributed by atoms with Gasteiger partial charge < -0.3 is 23.6 Å². The number of hydrogen-bond acceptors (Lipinski definition) is 6. The van der Waals surface area contributed by atoms with Crippen LogP contribution in [0.25, 0.3) is 21.9 Å². The molecule has 4 rings (SSSR count). The standard InChI is InChI=1S/C21H17NO6/c1-12-7-8-17(27-12)21(24)26-11-20(23)22-15-10-18-14(9-19(15)25-2)13-5-3-4-6-16(13)28-18/h3-10H,11H2,1-2H3,(H,22,23). The average Bonchev–Trinajstić information content (AvgIpc) is 3.28. The van der Waals surface area contributed by atoms with Crippen molar-refractivity contribution in [3.05, 3.63) is 60.1 Å². The molecule has 28 heavy (non-hydrogen) atoms. The lowest BCUT2D eigenvalue weighted by Crippen LogP contribution is -2.21. The van der Waals surface area contributed by atoms with E-state index in [1.54, 1.807) is 25.1 Å². The highest BCUT2D eigenvalue weighted by Crippen LogP contribution is 2.36. The van der Waals surface area contributed by atoms with Gasteiger partial charge in [0.05, 0.1) is 12.8 Å². The summed E-state index contributed by atoms with van der Waals surface area (Å²) in [6, 6.07) is 14.3. The molecule has 0 fully saturated rings. The second-order valence-corrected chi connectivity index (χ2v) is 6.18. The van der Waals surface area contributed by atoms with Crippen molar-refractivity contribution in [2.45, 2.75) is 6.92 Å². The summed E-state index contributed by atoms with van der Waals surface area (Å²) >= 11 is 0. The molecular formula is C21H17NO6. The number of methoxy groups -OCH3 is 1. The molecule has 7 heteroatoms. The Morgan fingerprint density at radius 2 is 1.82 bits per heavy atom. The number of hydrogen-bond donors (Lipinski definition) is 1. The highest BCUT2D eigenvalue weighted by Gasteiger charge is 2.17. The van der Waals surface area contributed by atoms with Gasteiger partial charge in [0.25, 0.3) is 5.91 Å². The summed E-state index contributed by atoms with van der Waals surface area (Å²) in [6.45, 7) is 1.25. The van der Waals surface area contributed by atoms with Crippen molar-refractivity contribution in [3.63, 3.8) is 0 Å². The molecule has 2 aromatic carbocycles. The van der Waals surface area contributed by atoms with E-state index in [9.17, 15) is 9.59 Å². The first kappa shape index (κ1) is 17.7. The van der Waals surface area contributed by atoms with E-state index in [4.69, 9.17) is 18.3 Å². The number of nitrogens with one attached hydrogen (secondary N) is 1. The zero-order valence-corrected chi connectivity index (χ0v) is 15.3. The van der Waals surface area contributed by atoms with E-state index in [0.29, 0.717) is 22.8 Å². The largest absolute Gasteiger partial charge is 0.495 e. The van der Waals surface area contributed by atoms with Gasteiger partial charge >= 0.3 is 5.97 Å². The third kappa shape index (κ3) is 3.29. The Balaban J connectivity index is 1.52. The molecule has 0 radical (unpaired) electrons. The Kier molecular flexibility index (Phi) is 4.49. The van der Waals surface area contributed by atoms with Crippen LogP contribution in [-0.2, 0) is 9.53 Å². The fraction of sp³-hybridized carbons (Fsp3) is 0.143. The number of rotatable bonds is 5. The SMILES string of the molecule is COc1cc2c(cc1NC(=O)COC(=O)c1ccc(C)o1)oc1ccccc12. The van der Waals surface area contributed by atoms with Gasteiger partial charge in [-0.2, -0.15) is 0 Å². The van der Waals surface area contributed by atoms with Crippen LogP contribution in [0.5, 0.6) is 5.75 Å². The molecule has 2 heterocycles. The summed E-state index contributed by atoms with van der Waals surface area (Å²) in [5.41, 5.74) is 1.77. The average molecular weight is 379 g/mol. The summed E-state index contributed by atoms with van der Waals surface area (Å²) in [6.07, 6.45) is 0. The molecule has 0 atom stereocenters. The van der Waals surface area contributed by atoms with E-state index in [2.05, 4.69) is 5.32 Å². The summed E-state index contributed by atoms with van der Waals surface area (Å²) in [5, 5.41) is 4.51. The Bertz CT molecular complexity index is 1190. The van der Waals surface area contributed by atoms with Crippen LogP contribution in [0.4, 0.5) is 5.69 Å². The first-order chi connectivity index (χ1) is 13.5. The lowest BCUT2D eigenvalue weighted by molar-refractivity contribution is -0.119. The van der Waals surface area contributed by atoms with Gasteiger partial charge in [0.2, 0.25) is 5.76 Å². The first-order valence-corrected chi connectivity index (χ1v) is 8.58. The number of carbonyl (C=O) groups excluding carboxylic acids is 2. The van der Waals surface area contributed by atoms with Crippen LogP contribution >= 0.6 is 0 Å². The quantitative estimate of drug-likeness (QED) is 0.520. The number of amides is 1. The lowest BCUT2D eigenvalue weighted by atomic mass is 10.1. The minimum Gasteiger partial charge on any atom is -0.495 e. The maximum Gasteiger partial charge on any atom is 0.374 e. The molecule has 0 saturated heterocycles. The van der Waals surface area contributed by atoms with E-state index >= 15 is 0 Å². The summed E-state index contributed by atoms with van der Waals surface area (Å²) < 4.78 is 21.4. The zero-order valence-electron chi connectivity index (χ0n) is 15.3. The molecule has 0 aliphatic heterocycles. The van der Waals surface area contributed by atoms with E-state index in [0.717, 1.165) is 16.4 Å². The van der Waals surface area contributed by atoms with Crippen LogP contribution in [-0.4, -0.2) is 25.6 Å². The van der Waals surface area contributed by atoms with Gasteiger partial charge in [-0.25, -0.2) is 4.79 Å². The molecule has 0 aliphatic rings. The number of aryl methyl sites for hydroxylation is 1. The number of anilines is 1. The maximum absolute atomic E-state index is 12.2. The topological polar surface area (TPSA) is 90.9 Å². The smallest absolute Gasteiger partial charge is 0.374 e. The van der Waals surface area contributed by atoms with Gasteiger partial charge in [0, 0.05) is 16.8 Å². The van der Waals surface area contributed by atoms with E-state index < -0.39 is 18.5 Å². The van der Waals surface area contributed by atoms with Crippen LogP contribution in [0.1, 0.15) is 16.3 Å². The molecule has 4 aromatic rings. The highest BCUT2D eigenvalue weighted by atomic mass is 16.5. The van der Waals surface area contributed by atoms with Crippen molar-refractivity contribution in [1.29, 1.82) is 0 Å². The van der Waals surface area contributed by atoms with Gasteiger partial charge in [-0.15, -0.1) is 0 Å². The first-order valence-electron chi connectivity index (χ1n) is 8.58. The number of benzene rings is 2. The fourth-order valence-corrected chi connectivity index (χ4v) is 2.95. The molecule has 1 amide bonds. The molecular weight excluding hydrogens is 362 g/mol. The molecule has 7 nitrogen and oxygen atoms in total. The number of carbonyl (C=O) groups is 2. The highest BCUT2D eigenvalue weighted by molar-refractivity contribution is 6.08. The third-order valence-electron chi connectivity index (χ3n) is 4.25. The number of para-hydroxylation sites is 1. The van der Waals surface area contributed by atoms with Crippen molar-refractivity contribution in [2.75, 3.05) is 19.0 Å². The van der Waals surface area contributed by atoms with Crippen molar-refractivity contribution < 1.29 is 27.9 Å². The molecule has 0 spiro atoms. The Labute approximate surface area is 159 Å². The van der Waals surface area contributed by atoms with Crippen LogP contribution in [0, 0.1) is 6.92 Å². The second-order valence-electron chi connectivity index (χ2n) is 6.18. The van der Waals surface area contributed by atoms with Crippen LogP contribution < -0.4 is 10.1 Å². The van der Waals surface area contributed by atoms with Gasteiger partial charge in [0.15, 0.2) is 6.61 Å². The van der Waals surface area contributed by atoms with E-state index in [1.807, 2.05) is 24.3 Å². The molecule has 0 saturated carbocycles. The Morgan fingerprint density at radius 3 is 2.57 bits per heavy atom. The van der Waals surface area contributed by atoms with E-state index in [1.165, 1.54) is 13.2 Å². The summed E-state index contributed by atoms with van der Waals surface area (Å²) in [5.74, 6) is -0.111. The minimum atomic E-state index is -0.706. The molecule has 2 aromatic heterocycles. The van der Waals surface area contributed by atoms with Crippen LogP contribution in [0.15, 0.2) is 57.4 Å². The number of furan rings is 2. The Morgan fingerprint density at radius 1 is 1.00 bits per heavy atom. The molecule has 0 aliphatic carbocycles. The maximum atomic E-state index is 12.2. The van der Waals surface area contributed by atoms with E-state index in [-0.39, 0.29) is 5.76 Å². The summed E-state index contributed by atoms with van der Waals surface area (Å²) in [4.78, 5) is 24.1. The molecule has 142 valence electrons. The predicted molar refractivity (Wildman–Crippen MR) is 103 cm³/mol. The van der Waals surface area contributed by atoms with Crippen molar-refractivity contribution in [1.82, 2.24) is 0 Å². The van der Waals surface area contributed by atoms with Crippen LogP contribution in [0.2, 0.25) is 0 Å². The van der Waals surface area contributed by atoms with Gasteiger partial charge in [-0.05, 0) is 31.2 Å². The monoisotopic (exact) mass is 379 g/mol. The van der Waals surface area contributed by atoms with Crippen molar-refractivity contribution in [2.24, 2.45) is 0 Å². The van der Waals surface area contributed by atoms with Crippen LogP contribution in [0.3, 0.4) is 0 Å². The van der Waals surface area contributed by atoms with Crippen molar-refractivity contribution >= 4 is 39.5 Å². The molecule has 0 bridgehead atoms. The normalized spacial score (nSPS) is 10.9. The number of esters is 1. The predicted octanol–water partition coefficient (Wildman–Crippen LogP) is 4.29. The second kappa shape index (κ2) is 7.11.